The fourth-order valence-electron chi connectivity index (χ4n) is 2.50. The Kier molecular flexibility index (Phi) is 5.98. The van der Waals surface area contributed by atoms with E-state index < -0.39 is 12.1 Å². The molecule has 0 spiro atoms. The first kappa shape index (κ1) is 17.3. The second kappa shape index (κ2) is 7.97. The third-order valence-electron chi connectivity index (χ3n) is 3.76. The summed E-state index contributed by atoms with van der Waals surface area (Å²) in [6.07, 6.45) is -0.744. The van der Waals surface area contributed by atoms with Gasteiger partial charge in [0.05, 0.1) is 38.5 Å². The summed E-state index contributed by atoms with van der Waals surface area (Å²) in [5.41, 5.74) is 8.73. The smallest absolute Gasteiger partial charge is 0.130 e. The summed E-state index contributed by atoms with van der Waals surface area (Å²) in [4.78, 5) is 0. The largest absolute Gasteiger partial charge is 0.496 e. The molecule has 0 aromatic heterocycles. The quantitative estimate of drug-likeness (QED) is 0.820. The average Bonchev–Trinajstić information content (AvgIpc) is 2.60. The molecule has 0 saturated heterocycles. The maximum absolute atomic E-state index is 9.93. The van der Waals surface area contributed by atoms with Crippen LogP contribution >= 0.6 is 0 Å². The van der Waals surface area contributed by atoms with E-state index in [0.29, 0.717) is 0 Å². The molecule has 0 heterocycles. The lowest BCUT2D eigenvalue weighted by molar-refractivity contribution is 0.0477. The number of nitrogens with two attached hydrogens (primary N) is 1. The predicted molar refractivity (Wildman–Crippen MR) is 89.8 cm³/mol. The Hall–Kier alpha value is -2.08. The molecule has 0 aliphatic carbocycles. The molecule has 2 atom stereocenters. The zero-order chi connectivity index (χ0) is 16.8. The third-order valence-corrected chi connectivity index (χ3v) is 3.76. The van der Waals surface area contributed by atoms with Gasteiger partial charge in [-0.1, -0.05) is 30.3 Å². The molecule has 5 heteroatoms. The molecule has 2 rings (SSSR count). The van der Waals surface area contributed by atoms with Gasteiger partial charge >= 0.3 is 0 Å². The lowest BCUT2D eigenvalue weighted by Gasteiger charge is -2.19. The van der Waals surface area contributed by atoms with Crippen molar-refractivity contribution < 1.29 is 19.3 Å². The van der Waals surface area contributed by atoms with Crippen molar-refractivity contribution in [1.29, 1.82) is 0 Å². The number of benzene rings is 2. The topological polar surface area (TPSA) is 73.9 Å². The van der Waals surface area contributed by atoms with Crippen LogP contribution in [0.25, 0.3) is 11.1 Å². The number of aliphatic hydroxyl groups is 1. The van der Waals surface area contributed by atoms with E-state index in [1.54, 1.807) is 14.2 Å². The Bertz CT molecular complexity index is 605. The second-order valence-electron chi connectivity index (χ2n) is 5.21. The summed E-state index contributed by atoms with van der Waals surface area (Å²) >= 11 is 0. The van der Waals surface area contributed by atoms with Crippen LogP contribution in [0.3, 0.4) is 0 Å². The van der Waals surface area contributed by atoms with Gasteiger partial charge in [0.2, 0.25) is 0 Å². The molecule has 5 nitrogen and oxygen atoms in total. The first-order valence-corrected chi connectivity index (χ1v) is 7.36. The van der Waals surface area contributed by atoms with Gasteiger partial charge in [0.25, 0.3) is 0 Å². The van der Waals surface area contributed by atoms with Gasteiger partial charge in [-0.25, -0.2) is 0 Å². The van der Waals surface area contributed by atoms with Crippen LogP contribution in [0.1, 0.15) is 11.6 Å². The molecule has 0 bridgehead atoms. The van der Waals surface area contributed by atoms with Crippen molar-refractivity contribution in [2.75, 3.05) is 27.9 Å². The van der Waals surface area contributed by atoms with Crippen LogP contribution in [0.4, 0.5) is 0 Å². The minimum absolute atomic E-state index is 0.198. The summed E-state index contributed by atoms with van der Waals surface area (Å²) in [7, 11) is 4.79. The van der Waals surface area contributed by atoms with Crippen LogP contribution in [0, 0.1) is 0 Å². The summed E-state index contributed by atoms with van der Waals surface area (Å²) in [6.45, 7) is 0.198. The van der Waals surface area contributed by atoms with E-state index >= 15 is 0 Å². The van der Waals surface area contributed by atoms with Crippen molar-refractivity contribution in [3.8, 4) is 22.6 Å². The predicted octanol–water partition coefficient (Wildman–Crippen LogP) is 2.38. The molecule has 0 aliphatic rings. The van der Waals surface area contributed by atoms with Crippen LogP contribution in [0.5, 0.6) is 11.5 Å². The number of hydrogen-bond acceptors (Lipinski definition) is 5. The van der Waals surface area contributed by atoms with E-state index in [4.69, 9.17) is 19.9 Å². The van der Waals surface area contributed by atoms with Crippen molar-refractivity contribution >= 4 is 0 Å². The summed E-state index contributed by atoms with van der Waals surface area (Å²) < 4.78 is 15.8. The lowest BCUT2D eigenvalue weighted by atomic mass is 9.97. The van der Waals surface area contributed by atoms with Gasteiger partial charge in [0, 0.05) is 7.11 Å². The fraction of sp³-hybridized carbons (Fsp3) is 0.333. The first-order chi connectivity index (χ1) is 11.1. The van der Waals surface area contributed by atoms with Gasteiger partial charge in [-0.2, -0.15) is 0 Å². The number of ether oxygens (including phenoxy) is 3. The Morgan fingerprint density at radius 1 is 0.957 bits per heavy atom. The van der Waals surface area contributed by atoms with Crippen LogP contribution in [0.2, 0.25) is 0 Å². The maximum Gasteiger partial charge on any atom is 0.130 e. The normalized spacial score (nSPS) is 13.4. The molecule has 2 aromatic rings. The highest BCUT2D eigenvalue weighted by Gasteiger charge is 2.17. The van der Waals surface area contributed by atoms with Crippen molar-refractivity contribution in [3.05, 3.63) is 48.0 Å². The van der Waals surface area contributed by atoms with Crippen LogP contribution in [-0.4, -0.2) is 39.1 Å². The van der Waals surface area contributed by atoms with E-state index in [1.807, 2.05) is 42.5 Å². The lowest BCUT2D eigenvalue weighted by Crippen LogP contribution is -2.29. The number of aliphatic hydroxyl groups excluding tert-OH is 1. The van der Waals surface area contributed by atoms with Crippen molar-refractivity contribution in [3.63, 3.8) is 0 Å². The van der Waals surface area contributed by atoms with Crippen LogP contribution in [-0.2, 0) is 4.74 Å². The molecule has 23 heavy (non-hydrogen) atoms. The highest BCUT2D eigenvalue weighted by molar-refractivity contribution is 5.77. The zero-order valence-corrected chi connectivity index (χ0v) is 13.7. The zero-order valence-electron chi connectivity index (χ0n) is 13.7. The molecule has 0 fully saturated rings. The molecular weight excluding hydrogens is 294 g/mol. The fourth-order valence-corrected chi connectivity index (χ4v) is 2.50. The van der Waals surface area contributed by atoms with Gasteiger partial charge in [0.1, 0.15) is 11.5 Å². The van der Waals surface area contributed by atoms with E-state index in [2.05, 4.69) is 0 Å². The summed E-state index contributed by atoms with van der Waals surface area (Å²) in [5.74, 6) is 1.47. The highest BCUT2D eigenvalue weighted by Crippen LogP contribution is 2.38. The van der Waals surface area contributed by atoms with Crippen molar-refractivity contribution in [2.45, 2.75) is 12.1 Å². The van der Waals surface area contributed by atoms with E-state index in [-0.39, 0.29) is 6.61 Å². The monoisotopic (exact) mass is 317 g/mol. The number of methoxy groups -OCH3 is 3. The Morgan fingerprint density at radius 3 is 2.00 bits per heavy atom. The minimum Gasteiger partial charge on any atom is -0.496 e. The van der Waals surface area contributed by atoms with Crippen molar-refractivity contribution in [2.24, 2.45) is 5.73 Å². The molecule has 0 unspecified atom stereocenters. The average molecular weight is 317 g/mol. The third kappa shape index (κ3) is 3.82. The minimum atomic E-state index is -0.744. The number of rotatable bonds is 7. The molecule has 0 saturated carbocycles. The van der Waals surface area contributed by atoms with Gasteiger partial charge in [0.15, 0.2) is 0 Å². The van der Waals surface area contributed by atoms with E-state index in [1.165, 1.54) is 7.11 Å². The van der Waals surface area contributed by atoms with Crippen molar-refractivity contribution in [1.82, 2.24) is 0 Å². The van der Waals surface area contributed by atoms with Gasteiger partial charge in [-0.15, -0.1) is 0 Å². The molecule has 0 aliphatic heterocycles. The van der Waals surface area contributed by atoms with Crippen LogP contribution < -0.4 is 15.2 Å². The molecule has 124 valence electrons. The Morgan fingerprint density at radius 2 is 1.52 bits per heavy atom. The standard InChI is InChI=1S/C18H23NO4/c1-21-11-14(20)18(19)13-9-7-12(8-10-13)17-15(22-2)5-4-6-16(17)23-3/h4-10,14,18,20H,11,19H2,1-3H3/t14-,18+/m0/s1. The first-order valence-electron chi connectivity index (χ1n) is 7.36. The Balaban J connectivity index is 2.33. The SMILES string of the molecule is COC[C@H](O)[C@H](N)c1ccc(-c2c(OC)cccc2OC)cc1. The summed E-state index contributed by atoms with van der Waals surface area (Å²) in [5, 5.41) is 9.93. The maximum atomic E-state index is 9.93. The highest BCUT2D eigenvalue weighted by atomic mass is 16.5. The van der Waals surface area contributed by atoms with E-state index in [9.17, 15) is 5.11 Å². The van der Waals surface area contributed by atoms with Crippen LogP contribution in [0.15, 0.2) is 42.5 Å². The summed E-state index contributed by atoms with van der Waals surface area (Å²) in [6, 6.07) is 12.8. The molecular formula is C18H23NO4. The van der Waals surface area contributed by atoms with Gasteiger partial charge in [-0.05, 0) is 23.3 Å². The second-order valence-corrected chi connectivity index (χ2v) is 5.21. The molecule has 0 radical (unpaired) electrons. The van der Waals surface area contributed by atoms with Gasteiger partial charge in [-0.3, -0.25) is 0 Å². The van der Waals surface area contributed by atoms with Gasteiger partial charge < -0.3 is 25.1 Å². The molecule has 2 aromatic carbocycles. The Labute approximate surface area is 136 Å². The molecule has 3 N–H and O–H groups in total. The van der Waals surface area contributed by atoms with E-state index in [0.717, 1.165) is 28.2 Å². The molecule has 0 amide bonds. The number of hydrogen-bond donors (Lipinski definition) is 2.